The molecule has 0 aromatic carbocycles. The lowest BCUT2D eigenvalue weighted by atomic mass is 10.3. The van der Waals surface area contributed by atoms with Crippen LogP contribution in [-0.2, 0) is 7.05 Å². The van der Waals surface area contributed by atoms with E-state index in [1.54, 1.807) is 7.05 Å². The smallest absolute Gasteiger partial charge is 0.295 e. The van der Waals surface area contributed by atoms with E-state index in [-0.39, 0.29) is 11.4 Å². The number of aromatic nitrogens is 2. The summed E-state index contributed by atoms with van der Waals surface area (Å²) < 4.78 is 1.28. The Morgan fingerprint density at radius 3 is 2.91 bits per heavy atom. The summed E-state index contributed by atoms with van der Waals surface area (Å²) in [5, 5.41) is 12.0. The summed E-state index contributed by atoms with van der Waals surface area (Å²) in [6.45, 7) is 0. The van der Waals surface area contributed by atoms with Gasteiger partial charge in [0.1, 0.15) is 0 Å². The van der Waals surface area contributed by atoms with Gasteiger partial charge in [-0.2, -0.15) is 5.10 Å². The number of carbonyl (C=O) groups excluding carboxylic acids is 1. The Morgan fingerprint density at radius 2 is 2.55 bits per heavy atom. The summed E-state index contributed by atoms with van der Waals surface area (Å²) in [5.74, 6) is -0.664. The van der Waals surface area contributed by atoms with Crippen molar-refractivity contribution in [2.45, 2.75) is 0 Å². The Hall–Kier alpha value is -1.56. The van der Waals surface area contributed by atoms with E-state index in [2.05, 4.69) is 5.10 Å². The van der Waals surface area contributed by atoms with Crippen LogP contribution in [-0.4, -0.2) is 20.9 Å². The number of nitrogens with two attached hydrogens (primary N) is 1. The van der Waals surface area contributed by atoms with Gasteiger partial charge in [-0.05, 0) is 0 Å². The largest absolute Gasteiger partial charge is 0.396 e. The number of amides is 1. The molecule has 0 radical (unpaired) electrons. The summed E-state index contributed by atoms with van der Waals surface area (Å²) in [5.41, 5.74) is 7.21. The predicted octanol–water partition coefficient (Wildman–Crippen LogP) is -0.879. The normalized spacial score (nSPS) is 9.64. The van der Waals surface area contributed by atoms with E-state index in [0.717, 1.165) is 0 Å². The zero-order valence-electron chi connectivity index (χ0n) is 5.90. The van der Waals surface area contributed by atoms with Crippen LogP contribution in [0.3, 0.4) is 0 Å². The second-order valence-electron chi connectivity index (χ2n) is 2.01. The SMILES string of the molecule is Cn1ncc(N)c1C(=O)NO. The van der Waals surface area contributed by atoms with Crippen molar-refractivity contribution in [1.29, 1.82) is 0 Å². The third-order valence-electron chi connectivity index (χ3n) is 1.28. The first-order valence-corrected chi connectivity index (χ1v) is 2.88. The molecular weight excluding hydrogens is 148 g/mol. The first-order valence-electron chi connectivity index (χ1n) is 2.88. The van der Waals surface area contributed by atoms with Crippen LogP contribution in [0.2, 0.25) is 0 Å². The Bertz CT molecular complexity index is 261. The van der Waals surface area contributed by atoms with Crippen LogP contribution in [0.15, 0.2) is 6.20 Å². The minimum Gasteiger partial charge on any atom is -0.396 e. The van der Waals surface area contributed by atoms with Crippen LogP contribution in [0.25, 0.3) is 0 Å². The summed E-state index contributed by atoms with van der Waals surface area (Å²) in [6, 6.07) is 0. The van der Waals surface area contributed by atoms with Crippen molar-refractivity contribution in [2.75, 3.05) is 5.73 Å². The van der Waals surface area contributed by atoms with Gasteiger partial charge in [-0.1, -0.05) is 0 Å². The number of hydrogen-bond donors (Lipinski definition) is 3. The number of hydrogen-bond acceptors (Lipinski definition) is 4. The molecule has 0 aliphatic carbocycles. The molecule has 0 saturated carbocycles. The van der Waals surface area contributed by atoms with Crippen LogP contribution in [0, 0.1) is 0 Å². The third kappa shape index (κ3) is 1.15. The molecular formula is C5H8N4O2. The van der Waals surface area contributed by atoms with Crippen molar-refractivity contribution in [1.82, 2.24) is 15.3 Å². The molecule has 1 rings (SSSR count). The maximum Gasteiger partial charge on any atom is 0.295 e. The first-order chi connectivity index (χ1) is 5.16. The van der Waals surface area contributed by atoms with E-state index in [1.807, 2.05) is 0 Å². The molecule has 1 aromatic rings. The van der Waals surface area contributed by atoms with Gasteiger partial charge in [0, 0.05) is 7.05 Å². The van der Waals surface area contributed by atoms with Gasteiger partial charge in [0.05, 0.1) is 11.9 Å². The van der Waals surface area contributed by atoms with Gasteiger partial charge in [-0.3, -0.25) is 14.7 Å². The van der Waals surface area contributed by atoms with E-state index in [1.165, 1.54) is 16.4 Å². The number of rotatable bonds is 1. The first kappa shape index (κ1) is 7.55. The van der Waals surface area contributed by atoms with Crippen molar-refractivity contribution < 1.29 is 10.0 Å². The number of nitrogen functional groups attached to an aromatic ring is 1. The van der Waals surface area contributed by atoms with Crippen LogP contribution in [0.4, 0.5) is 5.69 Å². The molecule has 0 fully saturated rings. The standard InChI is InChI=1S/C5H8N4O2/c1-9-4(5(10)8-11)3(6)2-7-9/h2,11H,6H2,1H3,(H,8,10). The van der Waals surface area contributed by atoms with Crippen molar-refractivity contribution in [3.8, 4) is 0 Å². The zero-order chi connectivity index (χ0) is 8.43. The molecule has 0 spiro atoms. The lowest BCUT2D eigenvalue weighted by molar-refractivity contribution is 0.0697. The molecule has 4 N–H and O–H groups in total. The number of hydroxylamine groups is 1. The van der Waals surface area contributed by atoms with E-state index in [4.69, 9.17) is 10.9 Å². The molecule has 0 unspecified atom stereocenters. The van der Waals surface area contributed by atoms with Crippen LogP contribution in [0.1, 0.15) is 10.5 Å². The zero-order valence-corrected chi connectivity index (χ0v) is 5.90. The maximum absolute atomic E-state index is 10.8. The Balaban J connectivity index is 3.10. The van der Waals surface area contributed by atoms with Crippen LogP contribution in [0.5, 0.6) is 0 Å². The van der Waals surface area contributed by atoms with E-state index >= 15 is 0 Å². The van der Waals surface area contributed by atoms with Crippen LogP contribution < -0.4 is 11.2 Å². The molecule has 1 amide bonds. The van der Waals surface area contributed by atoms with Crippen molar-refractivity contribution >= 4 is 11.6 Å². The number of nitrogens with zero attached hydrogens (tertiary/aromatic N) is 2. The van der Waals surface area contributed by atoms with Crippen molar-refractivity contribution in [2.24, 2.45) is 7.05 Å². The molecule has 0 aliphatic heterocycles. The number of aryl methyl sites for hydroxylation is 1. The van der Waals surface area contributed by atoms with Gasteiger partial charge in [-0.25, -0.2) is 5.48 Å². The van der Waals surface area contributed by atoms with E-state index in [9.17, 15) is 4.79 Å². The summed E-state index contributed by atoms with van der Waals surface area (Å²) >= 11 is 0. The van der Waals surface area contributed by atoms with E-state index < -0.39 is 5.91 Å². The summed E-state index contributed by atoms with van der Waals surface area (Å²) in [7, 11) is 1.56. The van der Waals surface area contributed by atoms with Crippen molar-refractivity contribution in [3.05, 3.63) is 11.9 Å². The molecule has 6 heteroatoms. The number of anilines is 1. The molecule has 6 nitrogen and oxygen atoms in total. The average molecular weight is 156 g/mol. The molecule has 0 atom stereocenters. The van der Waals surface area contributed by atoms with Crippen molar-refractivity contribution in [3.63, 3.8) is 0 Å². The lowest BCUT2D eigenvalue weighted by Gasteiger charge is -1.98. The van der Waals surface area contributed by atoms with Gasteiger partial charge < -0.3 is 5.73 Å². The van der Waals surface area contributed by atoms with Gasteiger partial charge in [0.25, 0.3) is 5.91 Å². The number of nitrogens with one attached hydrogen (secondary N) is 1. The summed E-state index contributed by atoms with van der Waals surface area (Å²) in [6.07, 6.45) is 1.34. The minimum atomic E-state index is -0.664. The predicted molar refractivity (Wildman–Crippen MR) is 36.9 cm³/mol. The fourth-order valence-corrected chi connectivity index (χ4v) is 0.786. The topological polar surface area (TPSA) is 93.2 Å². The highest BCUT2D eigenvalue weighted by Gasteiger charge is 2.12. The average Bonchev–Trinajstić information content (AvgIpc) is 2.30. The third-order valence-corrected chi connectivity index (χ3v) is 1.28. The highest BCUT2D eigenvalue weighted by molar-refractivity contribution is 5.96. The lowest BCUT2D eigenvalue weighted by Crippen LogP contribution is -2.22. The second kappa shape index (κ2) is 2.59. The highest BCUT2D eigenvalue weighted by atomic mass is 16.5. The molecule has 0 aliphatic rings. The summed E-state index contributed by atoms with van der Waals surface area (Å²) in [4.78, 5) is 10.8. The molecule has 0 bridgehead atoms. The Labute approximate surface area is 62.6 Å². The second-order valence-corrected chi connectivity index (χ2v) is 2.01. The molecule has 1 aromatic heterocycles. The highest BCUT2D eigenvalue weighted by Crippen LogP contribution is 2.07. The van der Waals surface area contributed by atoms with Gasteiger partial charge >= 0.3 is 0 Å². The quantitative estimate of drug-likeness (QED) is 0.363. The fraction of sp³-hybridized carbons (Fsp3) is 0.200. The van der Waals surface area contributed by atoms with Gasteiger partial charge in [-0.15, -0.1) is 0 Å². The maximum atomic E-state index is 10.8. The van der Waals surface area contributed by atoms with E-state index in [0.29, 0.717) is 0 Å². The Morgan fingerprint density at radius 1 is 1.91 bits per heavy atom. The van der Waals surface area contributed by atoms with Crippen LogP contribution >= 0.6 is 0 Å². The number of carbonyl (C=O) groups is 1. The van der Waals surface area contributed by atoms with Gasteiger partial charge in [0.2, 0.25) is 0 Å². The molecule has 11 heavy (non-hydrogen) atoms. The minimum absolute atomic E-state index is 0.146. The molecule has 1 heterocycles. The monoisotopic (exact) mass is 156 g/mol. The Kier molecular flexibility index (Phi) is 1.77. The van der Waals surface area contributed by atoms with Gasteiger partial charge in [0.15, 0.2) is 5.69 Å². The molecule has 0 saturated heterocycles. The fourth-order valence-electron chi connectivity index (χ4n) is 0.786. The molecule has 60 valence electrons.